The predicted octanol–water partition coefficient (Wildman–Crippen LogP) is 1.45. The van der Waals surface area contributed by atoms with Crippen LogP contribution in [0.5, 0.6) is 0 Å². The predicted molar refractivity (Wildman–Crippen MR) is 111 cm³/mol. The van der Waals surface area contributed by atoms with Gasteiger partial charge in [-0.3, -0.25) is 0 Å². The highest BCUT2D eigenvalue weighted by atomic mass is 79.9. The Morgan fingerprint density at radius 1 is 0.444 bits per heavy atom. The molecule has 4 aromatic rings. The van der Waals surface area contributed by atoms with E-state index < -0.39 is 7.26 Å². The summed E-state index contributed by atoms with van der Waals surface area (Å²) in [6.07, 6.45) is 0. The summed E-state index contributed by atoms with van der Waals surface area (Å²) in [7, 11) is -2.32. The van der Waals surface area contributed by atoms with Gasteiger partial charge in [-0.1, -0.05) is 66.7 Å². The summed E-state index contributed by atoms with van der Waals surface area (Å²) >= 11 is 0. The lowest BCUT2D eigenvalue weighted by molar-refractivity contribution is -0.00000552. The fourth-order valence-electron chi connectivity index (χ4n) is 3.54. The van der Waals surface area contributed by atoms with E-state index in [2.05, 4.69) is 36.4 Å². The Hall–Kier alpha value is -2.28. The highest BCUT2D eigenvalue weighted by molar-refractivity contribution is 8.01. The van der Waals surface area contributed by atoms with E-state index in [9.17, 15) is 0 Å². The Morgan fingerprint density at radius 3 is 1.15 bits per heavy atom. The molecule has 0 aliphatic heterocycles. The summed E-state index contributed by atoms with van der Waals surface area (Å²) < 4.78 is 15.2. The van der Waals surface area contributed by atoms with Crippen LogP contribution in [-0.2, 0) is 0 Å². The van der Waals surface area contributed by atoms with Crippen molar-refractivity contribution in [1.82, 2.24) is 0 Å². The van der Waals surface area contributed by atoms with Crippen molar-refractivity contribution in [3.05, 3.63) is 121 Å². The fourth-order valence-corrected chi connectivity index (χ4v) is 7.83. The normalized spacial score (nSPS) is 10.9. The van der Waals surface area contributed by atoms with Crippen LogP contribution in [0.1, 0.15) is 0 Å². The van der Waals surface area contributed by atoms with Crippen molar-refractivity contribution in [3.8, 4) is 0 Å². The number of benzene rings is 4. The molecule has 3 heteroatoms. The molecule has 27 heavy (non-hydrogen) atoms. The van der Waals surface area contributed by atoms with E-state index in [0.717, 1.165) is 21.2 Å². The van der Waals surface area contributed by atoms with Crippen molar-refractivity contribution in [2.24, 2.45) is 0 Å². The largest absolute Gasteiger partial charge is 1.00 e. The standard InChI is InChI=1S/C24H19FP.BrH/c25-23-18-10-11-19-24(23)26(20-12-4-1-5-13-20,21-14-6-2-7-15-21)22-16-8-3-9-17-22;/h1-19H;1H/q+1;/p-1. The number of hydrogen-bond donors (Lipinski definition) is 0. The monoisotopic (exact) mass is 436 g/mol. The minimum Gasteiger partial charge on any atom is -1.00 e. The van der Waals surface area contributed by atoms with Crippen LogP contribution in [0.25, 0.3) is 0 Å². The van der Waals surface area contributed by atoms with E-state index in [4.69, 9.17) is 0 Å². The van der Waals surface area contributed by atoms with Crippen LogP contribution in [0.15, 0.2) is 115 Å². The van der Waals surface area contributed by atoms with E-state index in [0.29, 0.717) is 0 Å². The molecule has 0 atom stereocenters. The zero-order valence-electron chi connectivity index (χ0n) is 14.7. The van der Waals surface area contributed by atoms with Gasteiger partial charge in [0, 0.05) is 0 Å². The molecule has 0 nitrogen and oxygen atoms in total. The summed E-state index contributed by atoms with van der Waals surface area (Å²) in [6.45, 7) is 0. The van der Waals surface area contributed by atoms with Gasteiger partial charge in [0.15, 0.2) is 5.82 Å². The van der Waals surface area contributed by atoms with Crippen molar-refractivity contribution < 1.29 is 21.4 Å². The van der Waals surface area contributed by atoms with E-state index in [1.54, 1.807) is 12.1 Å². The zero-order chi connectivity index (χ0) is 17.8. The lowest BCUT2D eigenvalue weighted by Gasteiger charge is -2.27. The first kappa shape index (κ1) is 19.5. The molecule has 4 rings (SSSR count). The van der Waals surface area contributed by atoms with Crippen molar-refractivity contribution in [2.45, 2.75) is 0 Å². The summed E-state index contributed by atoms with van der Waals surface area (Å²) in [5, 5.41) is 4.23. The fraction of sp³-hybridized carbons (Fsp3) is 0. The first-order valence-corrected chi connectivity index (χ1v) is 10.4. The first-order chi connectivity index (χ1) is 12.8. The molecule has 0 bridgehead atoms. The topological polar surface area (TPSA) is 0 Å². The molecular formula is C24H19BrFP. The van der Waals surface area contributed by atoms with Gasteiger partial charge in [0.05, 0.1) is 0 Å². The van der Waals surface area contributed by atoms with Gasteiger partial charge in [0.1, 0.15) is 28.5 Å². The van der Waals surface area contributed by atoms with Crippen LogP contribution in [-0.4, -0.2) is 0 Å². The quantitative estimate of drug-likeness (QED) is 0.424. The molecule has 0 saturated carbocycles. The molecule has 0 radical (unpaired) electrons. The molecule has 0 saturated heterocycles. The Morgan fingerprint density at radius 2 is 0.778 bits per heavy atom. The van der Waals surface area contributed by atoms with Crippen LogP contribution < -0.4 is 38.2 Å². The van der Waals surface area contributed by atoms with Crippen molar-refractivity contribution >= 4 is 28.5 Å². The van der Waals surface area contributed by atoms with Crippen LogP contribution >= 0.6 is 7.26 Å². The van der Waals surface area contributed by atoms with Crippen LogP contribution in [0.2, 0.25) is 0 Å². The second-order valence-electron chi connectivity index (χ2n) is 6.13. The Balaban J connectivity index is 0.00000210. The third-order valence-corrected chi connectivity index (χ3v) is 8.95. The maximum Gasteiger partial charge on any atom is 0.166 e. The van der Waals surface area contributed by atoms with Gasteiger partial charge in [-0.05, 0) is 48.5 Å². The third kappa shape index (κ3) is 3.48. The average Bonchev–Trinajstić information content (AvgIpc) is 2.72. The van der Waals surface area contributed by atoms with Gasteiger partial charge in [0.2, 0.25) is 0 Å². The van der Waals surface area contributed by atoms with Crippen LogP contribution in [0.4, 0.5) is 4.39 Å². The zero-order valence-corrected chi connectivity index (χ0v) is 17.2. The van der Waals surface area contributed by atoms with E-state index >= 15 is 4.39 Å². The number of hydrogen-bond acceptors (Lipinski definition) is 0. The second kappa shape index (κ2) is 8.61. The maximum absolute atomic E-state index is 15.2. The molecule has 0 N–H and O–H groups in total. The molecular weight excluding hydrogens is 418 g/mol. The molecule has 0 fully saturated rings. The van der Waals surface area contributed by atoms with Gasteiger partial charge in [-0.15, -0.1) is 0 Å². The Kier molecular flexibility index (Phi) is 6.21. The number of halogens is 2. The molecule has 0 aromatic heterocycles. The minimum atomic E-state index is -2.32. The molecule has 0 aliphatic carbocycles. The van der Waals surface area contributed by atoms with Gasteiger partial charge in [0.25, 0.3) is 0 Å². The van der Waals surface area contributed by atoms with E-state index in [-0.39, 0.29) is 22.8 Å². The van der Waals surface area contributed by atoms with Crippen molar-refractivity contribution in [1.29, 1.82) is 0 Å². The minimum absolute atomic E-state index is 0. The summed E-state index contributed by atoms with van der Waals surface area (Å²) in [4.78, 5) is 0. The molecule has 0 aliphatic rings. The lowest BCUT2D eigenvalue weighted by atomic mass is 10.3. The van der Waals surface area contributed by atoms with E-state index in [1.807, 2.05) is 66.7 Å². The van der Waals surface area contributed by atoms with Gasteiger partial charge < -0.3 is 17.0 Å². The van der Waals surface area contributed by atoms with E-state index in [1.165, 1.54) is 0 Å². The molecule has 0 heterocycles. The maximum atomic E-state index is 15.2. The second-order valence-corrected chi connectivity index (χ2v) is 9.50. The first-order valence-electron chi connectivity index (χ1n) is 8.64. The highest BCUT2D eigenvalue weighted by Gasteiger charge is 2.49. The van der Waals surface area contributed by atoms with Crippen molar-refractivity contribution in [2.75, 3.05) is 0 Å². The number of rotatable bonds is 4. The SMILES string of the molecule is Fc1ccccc1[P+](c1ccccc1)(c1ccccc1)c1ccccc1.[Br-]. The van der Waals surface area contributed by atoms with Crippen molar-refractivity contribution in [3.63, 3.8) is 0 Å². The van der Waals surface area contributed by atoms with Crippen LogP contribution in [0.3, 0.4) is 0 Å². The molecule has 134 valence electrons. The summed E-state index contributed by atoms with van der Waals surface area (Å²) in [5.41, 5.74) is 0. The lowest BCUT2D eigenvalue weighted by Crippen LogP contribution is -3.00. The van der Waals surface area contributed by atoms with Gasteiger partial charge in [-0.2, -0.15) is 0 Å². The molecule has 0 amide bonds. The third-order valence-electron chi connectivity index (χ3n) is 4.64. The molecule has 0 spiro atoms. The Labute approximate surface area is 170 Å². The molecule has 4 aromatic carbocycles. The van der Waals surface area contributed by atoms with Crippen LogP contribution in [0, 0.1) is 5.82 Å². The smallest absolute Gasteiger partial charge is 0.166 e. The molecule has 0 unspecified atom stereocenters. The summed E-state index contributed by atoms with van der Waals surface area (Å²) in [6, 6.07) is 38.2. The Bertz CT molecular complexity index is 892. The average molecular weight is 437 g/mol. The summed E-state index contributed by atoms with van der Waals surface area (Å²) in [5.74, 6) is -0.155. The van der Waals surface area contributed by atoms with Gasteiger partial charge >= 0.3 is 0 Å². The highest BCUT2D eigenvalue weighted by Crippen LogP contribution is 2.54. The van der Waals surface area contributed by atoms with Gasteiger partial charge in [-0.25, -0.2) is 4.39 Å².